The molecule has 1 aliphatic carbocycles. The van der Waals surface area contributed by atoms with Gasteiger partial charge in [0.25, 0.3) is 0 Å². The van der Waals surface area contributed by atoms with Crippen LogP contribution in [-0.2, 0) is 23.3 Å². The molecule has 202 valence electrons. The van der Waals surface area contributed by atoms with E-state index in [0.29, 0.717) is 23.8 Å². The molecule has 2 N–H and O–H groups in total. The van der Waals surface area contributed by atoms with Crippen molar-refractivity contribution in [2.75, 3.05) is 5.32 Å². The maximum atomic E-state index is 13.5. The zero-order valence-corrected chi connectivity index (χ0v) is 24.3. The van der Waals surface area contributed by atoms with E-state index in [0.717, 1.165) is 63.9 Å². The molecule has 8 heteroatoms. The second-order valence-electron chi connectivity index (χ2n) is 10.2. The number of rotatable bonds is 8. The predicted octanol–water partition coefficient (Wildman–Crippen LogP) is 7.55. The summed E-state index contributed by atoms with van der Waals surface area (Å²) < 4.78 is 2.58. The van der Waals surface area contributed by atoms with Gasteiger partial charge < -0.3 is 10.6 Å². The molecule has 1 amide bonds. The second kappa shape index (κ2) is 11.4. The molecule has 6 nitrogen and oxygen atoms in total. The van der Waals surface area contributed by atoms with E-state index in [1.165, 1.54) is 0 Å². The molecule has 5 aromatic rings. The van der Waals surface area contributed by atoms with Crippen LogP contribution < -0.4 is 10.6 Å². The highest BCUT2D eigenvalue weighted by Crippen LogP contribution is 2.41. The standard InChI is InChI=1S/C32H29BrClN5O/c33-26-21-37-39-29(18-28(38-30(26)39)25-13-4-5-14-27(25)34)35-19-22-9-8-10-23(17-22)20-36-31(40)32(15-6-7-16-32)24-11-2-1-3-12-24/h1-5,8-14,17-18,21,35H,6-7,15-16,19-20H2,(H,36,40). The van der Waals surface area contributed by atoms with Gasteiger partial charge in [0.15, 0.2) is 5.65 Å². The molecule has 0 bridgehead atoms. The quantitative estimate of drug-likeness (QED) is 0.189. The van der Waals surface area contributed by atoms with Crippen molar-refractivity contribution in [1.82, 2.24) is 19.9 Å². The smallest absolute Gasteiger partial charge is 0.230 e. The van der Waals surface area contributed by atoms with Crippen molar-refractivity contribution in [1.29, 1.82) is 0 Å². The van der Waals surface area contributed by atoms with Crippen LogP contribution in [0.4, 0.5) is 5.82 Å². The fourth-order valence-corrected chi connectivity index (χ4v) is 6.23. The van der Waals surface area contributed by atoms with Crippen molar-refractivity contribution in [2.45, 2.75) is 44.2 Å². The Hall–Kier alpha value is -3.68. The first-order valence-corrected chi connectivity index (χ1v) is 14.7. The van der Waals surface area contributed by atoms with Crippen molar-refractivity contribution in [3.8, 4) is 11.3 Å². The van der Waals surface area contributed by atoms with Crippen LogP contribution in [0.1, 0.15) is 42.4 Å². The number of aromatic nitrogens is 3. The van der Waals surface area contributed by atoms with Crippen LogP contribution in [0.5, 0.6) is 0 Å². The normalized spacial score (nSPS) is 14.3. The second-order valence-corrected chi connectivity index (χ2v) is 11.5. The first kappa shape index (κ1) is 26.5. The predicted molar refractivity (Wildman–Crippen MR) is 163 cm³/mol. The molecule has 2 heterocycles. The topological polar surface area (TPSA) is 71.3 Å². The lowest BCUT2D eigenvalue weighted by Gasteiger charge is -2.28. The maximum Gasteiger partial charge on any atom is 0.230 e. The van der Waals surface area contributed by atoms with Gasteiger partial charge in [-0.25, -0.2) is 4.98 Å². The van der Waals surface area contributed by atoms with Gasteiger partial charge in [-0.1, -0.05) is 97.2 Å². The number of amides is 1. The molecular formula is C32H29BrClN5O. The van der Waals surface area contributed by atoms with Gasteiger partial charge in [0.05, 0.1) is 21.8 Å². The number of carbonyl (C=O) groups is 1. The zero-order valence-electron chi connectivity index (χ0n) is 21.9. The summed E-state index contributed by atoms with van der Waals surface area (Å²) in [6.45, 7) is 1.07. The third-order valence-electron chi connectivity index (χ3n) is 7.71. The van der Waals surface area contributed by atoms with E-state index in [2.05, 4.69) is 62.0 Å². The molecule has 40 heavy (non-hydrogen) atoms. The van der Waals surface area contributed by atoms with Gasteiger partial charge in [-0.05, 0) is 51.5 Å². The zero-order chi connectivity index (χ0) is 27.5. The molecule has 0 saturated heterocycles. The molecule has 0 aliphatic heterocycles. The lowest BCUT2D eigenvalue weighted by molar-refractivity contribution is -0.126. The Morgan fingerprint density at radius 3 is 2.42 bits per heavy atom. The Bertz CT molecular complexity index is 1660. The van der Waals surface area contributed by atoms with E-state index in [1.54, 1.807) is 10.7 Å². The molecule has 3 aromatic carbocycles. The van der Waals surface area contributed by atoms with Gasteiger partial charge in [0, 0.05) is 29.7 Å². The lowest BCUT2D eigenvalue weighted by Crippen LogP contribution is -2.42. The van der Waals surface area contributed by atoms with Crippen molar-refractivity contribution >= 4 is 44.9 Å². The number of hydrogen-bond donors (Lipinski definition) is 2. The minimum atomic E-state index is -0.426. The van der Waals surface area contributed by atoms with E-state index in [-0.39, 0.29) is 5.91 Å². The third-order valence-corrected chi connectivity index (χ3v) is 8.60. The van der Waals surface area contributed by atoms with Crippen molar-refractivity contribution in [2.24, 2.45) is 0 Å². The number of nitrogens with zero attached hydrogens (tertiary/aromatic N) is 3. The Kier molecular flexibility index (Phi) is 7.59. The van der Waals surface area contributed by atoms with Gasteiger partial charge in [0.1, 0.15) is 5.82 Å². The van der Waals surface area contributed by atoms with Crippen molar-refractivity contribution < 1.29 is 4.79 Å². The highest BCUT2D eigenvalue weighted by atomic mass is 79.9. The van der Waals surface area contributed by atoms with Crippen molar-refractivity contribution in [3.05, 3.63) is 117 Å². The Morgan fingerprint density at radius 1 is 0.925 bits per heavy atom. The summed E-state index contributed by atoms with van der Waals surface area (Å²) in [4.78, 5) is 18.3. The van der Waals surface area contributed by atoms with Crippen LogP contribution in [0.2, 0.25) is 5.02 Å². The summed E-state index contributed by atoms with van der Waals surface area (Å²) in [6.07, 6.45) is 5.69. The van der Waals surface area contributed by atoms with E-state index in [4.69, 9.17) is 16.6 Å². The number of halogens is 2. The lowest BCUT2D eigenvalue weighted by atomic mass is 9.78. The monoisotopic (exact) mass is 613 g/mol. The summed E-state index contributed by atoms with van der Waals surface area (Å²) in [5, 5.41) is 11.9. The van der Waals surface area contributed by atoms with E-state index in [1.807, 2.05) is 54.6 Å². The fraction of sp³-hybridized carbons (Fsp3) is 0.219. The highest BCUT2D eigenvalue weighted by molar-refractivity contribution is 9.10. The number of carbonyl (C=O) groups excluding carboxylic acids is 1. The van der Waals surface area contributed by atoms with Gasteiger partial charge in [-0.15, -0.1) is 0 Å². The summed E-state index contributed by atoms with van der Waals surface area (Å²) in [6, 6.07) is 28.1. The third kappa shape index (κ3) is 5.23. The molecule has 1 fully saturated rings. The van der Waals surface area contributed by atoms with Crippen LogP contribution in [0.3, 0.4) is 0 Å². The molecule has 1 saturated carbocycles. The van der Waals surface area contributed by atoms with E-state index in [9.17, 15) is 4.79 Å². The van der Waals surface area contributed by atoms with E-state index < -0.39 is 5.41 Å². The summed E-state index contributed by atoms with van der Waals surface area (Å²) in [5.74, 6) is 0.922. The molecule has 0 spiro atoms. The Balaban J connectivity index is 1.18. The number of nitrogens with one attached hydrogen (secondary N) is 2. The van der Waals surface area contributed by atoms with Gasteiger partial charge >= 0.3 is 0 Å². The minimum Gasteiger partial charge on any atom is -0.366 e. The minimum absolute atomic E-state index is 0.121. The fourth-order valence-electron chi connectivity index (χ4n) is 5.65. The number of benzene rings is 3. The van der Waals surface area contributed by atoms with Gasteiger partial charge in [-0.2, -0.15) is 9.61 Å². The summed E-state index contributed by atoms with van der Waals surface area (Å²) in [5.41, 5.74) is 5.18. The SMILES string of the molecule is O=C(NCc1cccc(CNc2cc(-c3ccccc3Cl)nc3c(Br)cnn23)c1)C1(c2ccccc2)CCCC1. The number of anilines is 1. The maximum absolute atomic E-state index is 13.5. The average molecular weight is 615 g/mol. The molecule has 1 aliphatic rings. The number of hydrogen-bond acceptors (Lipinski definition) is 4. The van der Waals surface area contributed by atoms with Crippen LogP contribution >= 0.6 is 27.5 Å². The highest BCUT2D eigenvalue weighted by Gasteiger charge is 2.42. The summed E-state index contributed by atoms with van der Waals surface area (Å²) >= 11 is 10.0. The summed E-state index contributed by atoms with van der Waals surface area (Å²) in [7, 11) is 0. The Morgan fingerprint density at radius 2 is 1.65 bits per heavy atom. The molecule has 6 rings (SSSR count). The van der Waals surface area contributed by atoms with Crippen LogP contribution in [0.15, 0.2) is 95.6 Å². The van der Waals surface area contributed by atoms with Crippen molar-refractivity contribution in [3.63, 3.8) is 0 Å². The van der Waals surface area contributed by atoms with Gasteiger partial charge in [0.2, 0.25) is 5.91 Å². The van der Waals surface area contributed by atoms with Crippen LogP contribution in [0.25, 0.3) is 16.9 Å². The molecule has 0 radical (unpaired) electrons. The van der Waals surface area contributed by atoms with Crippen LogP contribution in [0, 0.1) is 0 Å². The average Bonchev–Trinajstić information content (AvgIpc) is 3.64. The molecule has 0 unspecified atom stereocenters. The van der Waals surface area contributed by atoms with Crippen LogP contribution in [-0.4, -0.2) is 20.5 Å². The largest absolute Gasteiger partial charge is 0.366 e. The Labute approximate surface area is 246 Å². The molecule has 0 atom stereocenters. The molecule has 2 aromatic heterocycles. The molecular weight excluding hydrogens is 586 g/mol. The number of fused-ring (bicyclic) bond motifs is 1. The van der Waals surface area contributed by atoms with E-state index >= 15 is 0 Å². The first-order valence-electron chi connectivity index (χ1n) is 13.5. The van der Waals surface area contributed by atoms with Gasteiger partial charge in [-0.3, -0.25) is 4.79 Å². The first-order chi connectivity index (χ1) is 19.5.